The SMILES string of the molecule is CCCCCCCC/C=C\CCCCCCCC(=O)OCCC(N)=O. The van der Waals surface area contributed by atoms with E-state index < -0.39 is 5.91 Å². The molecule has 0 bridgehead atoms. The van der Waals surface area contributed by atoms with Crippen molar-refractivity contribution in [3.63, 3.8) is 0 Å². The number of nitrogens with two attached hydrogens (primary N) is 1. The van der Waals surface area contributed by atoms with Crippen molar-refractivity contribution in [2.75, 3.05) is 6.61 Å². The highest BCUT2D eigenvalue weighted by Gasteiger charge is 2.03. The molecule has 0 heterocycles. The first-order chi connectivity index (χ1) is 12.2. The molecular formula is C21H39NO3. The van der Waals surface area contributed by atoms with Crippen LogP contribution in [-0.4, -0.2) is 18.5 Å². The van der Waals surface area contributed by atoms with Gasteiger partial charge in [-0.3, -0.25) is 9.59 Å². The summed E-state index contributed by atoms with van der Waals surface area (Å²) in [6.45, 7) is 2.37. The quantitative estimate of drug-likeness (QED) is 0.202. The minimum atomic E-state index is -0.436. The van der Waals surface area contributed by atoms with Gasteiger partial charge in [-0.05, 0) is 32.1 Å². The van der Waals surface area contributed by atoms with Gasteiger partial charge in [-0.15, -0.1) is 0 Å². The van der Waals surface area contributed by atoms with Crippen LogP contribution >= 0.6 is 0 Å². The van der Waals surface area contributed by atoms with Gasteiger partial charge in [-0.1, -0.05) is 70.4 Å². The zero-order chi connectivity index (χ0) is 18.6. The van der Waals surface area contributed by atoms with Crippen LogP contribution in [0.1, 0.15) is 103 Å². The van der Waals surface area contributed by atoms with Crippen LogP contribution in [0.25, 0.3) is 0 Å². The van der Waals surface area contributed by atoms with Gasteiger partial charge < -0.3 is 10.5 Å². The fourth-order valence-corrected chi connectivity index (χ4v) is 2.68. The van der Waals surface area contributed by atoms with Crippen molar-refractivity contribution in [1.82, 2.24) is 0 Å². The Bertz CT molecular complexity index is 353. The first-order valence-corrected chi connectivity index (χ1v) is 10.3. The monoisotopic (exact) mass is 353 g/mol. The van der Waals surface area contributed by atoms with Crippen molar-refractivity contribution >= 4 is 11.9 Å². The lowest BCUT2D eigenvalue weighted by Crippen LogP contribution is -2.15. The summed E-state index contributed by atoms with van der Waals surface area (Å²) in [5, 5.41) is 0. The summed E-state index contributed by atoms with van der Waals surface area (Å²) in [5.74, 6) is -0.660. The summed E-state index contributed by atoms with van der Waals surface area (Å²) in [7, 11) is 0. The molecule has 4 heteroatoms. The van der Waals surface area contributed by atoms with E-state index in [1.165, 1.54) is 70.6 Å². The number of rotatable bonds is 18. The van der Waals surface area contributed by atoms with Crippen molar-refractivity contribution in [1.29, 1.82) is 0 Å². The second-order valence-electron chi connectivity index (χ2n) is 6.77. The van der Waals surface area contributed by atoms with Crippen molar-refractivity contribution in [2.45, 2.75) is 103 Å². The first kappa shape index (κ1) is 23.7. The second-order valence-corrected chi connectivity index (χ2v) is 6.77. The molecule has 0 saturated heterocycles. The summed E-state index contributed by atoms with van der Waals surface area (Å²) >= 11 is 0. The van der Waals surface area contributed by atoms with E-state index in [4.69, 9.17) is 10.5 Å². The molecule has 25 heavy (non-hydrogen) atoms. The van der Waals surface area contributed by atoms with E-state index in [-0.39, 0.29) is 19.0 Å². The second kappa shape index (κ2) is 19.0. The van der Waals surface area contributed by atoms with Crippen LogP contribution in [0.2, 0.25) is 0 Å². The number of esters is 1. The molecular weight excluding hydrogens is 314 g/mol. The van der Waals surface area contributed by atoms with Crippen LogP contribution in [0.3, 0.4) is 0 Å². The molecule has 0 unspecified atom stereocenters. The van der Waals surface area contributed by atoms with Gasteiger partial charge in [0.25, 0.3) is 0 Å². The Balaban J connectivity index is 3.21. The molecule has 0 saturated carbocycles. The molecule has 146 valence electrons. The number of carbonyl (C=O) groups excluding carboxylic acids is 2. The summed E-state index contributed by atoms with van der Waals surface area (Å²) in [6.07, 6.45) is 21.3. The van der Waals surface area contributed by atoms with Crippen LogP contribution in [0.15, 0.2) is 12.2 Å². The first-order valence-electron chi connectivity index (χ1n) is 10.3. The lowest BCUT2D eigenvalue weighted by molar-refractivity contribution is -0.144. The number of ether oxygens (including phenoxy) is 1. The maximum atomic E-state index is 11.4. The molecule has 0 rings (SSSR count). The fraction of sp³-hybridized carbons (Fsp3) is 0.810. The Hall–Kier alpha value is -1.32. The predicted octanol–water partition coefficient (Wildman–Crippen LogP) is 5.44. The molecule has 0 aromatic rings. The third kappa shape index (κ3) is 20.6. The maximum absolute atomic E-state index is 11.4. The van der Waals surface area contributed by atoms with Gasteiger partial charge in [0, 0.05) is 6.42 Å². The Kier molecular flexibility index (Phi) is 18.0. The van der Waals surface area contributed by atoms with E-state index in [9.17, 15) is 9.59 Å². The van der Waals surface area contributed by atoms with E-state index in [2.05, 4.69) is 19.1 Å². The molecule has 0 aromatic carbocycles. The van der Waals surface area contributed by atoms with Crippen molar-refractivity contribution < 1.29 is 14.3 Å². The number of allylic oxidation sites excluding steroid dienone is 2. The van der Waals surface area contributed by atoms with Crippen LogP contribution in [-0.2, 0) is 14.3 Å². The third-order valence-corrected chi connectivity index (χ3v) is 4.25. The Morgan fingerprint density at radius 3 is 1.84 bits per heavy atom. The number of hydrogen-bond acceptors (Lipinski definition) is 3. The molecule has 0 atom stereocenters. The molecule has 0 spiro atoms. The van der Waals surface area contributed by atoms with Crippen molar-refractivity contribution in [3.8, 4) is 0 Å². The topological polar surface area (TPSA) is 69.4 Å². The molecule has 1 amide bonds. The average Bonchev–Trinajstić information content (AvgIpc) is 2.58. The standard InChI is InChI=1S/C21H39NO3/c1-2-3-4-5-6-7-8-9-10-11-12-13-14-15-16-17-21(24)25-19-18-20(22)23/h9-10H,2-8,11-19H2,1H3,(H2,22,23)/b10-9-. The highest BCUT2D eigenvalue weighted by Crippen LogP contribution is 2.10. The summed E-state index contributed by atoms with van der Waals surface area (Å²) in [5.41, 5.74) is 4.98. The number of carbonyl (C=O) groups is 2. The highest BCUT2D eigenvalue weighted by atomic mass is 16.5. The molecule has 0 fully saturated rings. The highest BCUT2D eigenvalue weighted by molar-refractivity contribution is 5.74. The van der Waals surface area contributed by atoms with Gasteiger partial charge in [0.1, 0.15) is 6.61 Å². The normalized spacial score (nSPS) is 11.1. The molecule has 4 nitrogen and oxygen atoms in total. The number of primary amides is 1. The lowest BCUT2D eigenvalue weighted by Gasteiger charge is -2.03. The Morgan fingerprint density at radius 1 is 0.760 bits per heavy atom. The minimum absolute atomic E-state index is 0.109. The summed E-state index contributed by atoms with van der Waals surface area (Å²) in [6, 6.07) is 0. The molecule has 0 aliphatic heterocycles. The molecule has 0 aliphatic rings. The van der Waals surface area contributed by atoms with Gasteiger partial charge in [-0.25, -0.2) is 0 Å². The molecule has 0 aromatic heterocycles. The fourth-order valence-electron chi connectivity index (χ4n) is 2.68. The van der Waals surface area contributed by atoms with Crippen LogP contribution in [0.5, 0.6) is 0 Å². The summed E-state index contributed by atoms with van der Waals surface area (Å²) < 4.78 is 4.92. The molecule has 2 N–H and O–H groups in total. The smallest absolute Gasteiger partial charge is 0.305 e. The lowest BCUT2D eigenvalue weighted by atomic mass is 10.1. The van der Waals surface area contributed by atoms with E-state index in [1.54, 1.807) is 0 Å². The largest absolute Gasteiger partial charge is 0.465 e. The number of amides is 1. The maximum Gasteiger partial charge on any atom is 0.305 e. The van der Waals surface area contributed by atoms with Gasteiger partial charge >= 0.3 is 5.97 Å². The van der Waals surface area contributed by atoms with Gasteiger partial charge in [0.15, 0.2) is 0 Å². The Labute approximate surface area is 154 Å². The van der Waals surface area contributed by atoms with Crippen LogP contribution in [0.4, 0.5) is 0 Å². The Morgan fingerprint density at radius 2 is 1.28 bits per heavy atom. The minimum Gasteiger partial charge on any atom is -0.465 e. The molecule has 0 aliphatic carbocycles. The van der Waals surface area contributed by atoms with E-state index in [0.29, 0.717) is 6.42 Å². The number of unbranched alkanes of at least 4 members (excludes halogenated alkanes) is 11. The third-order valence-electron chi connectivity index (χ3n) is 4.25. The predicted molar refractivity (Wildman–Crippen MR) is 104 cm³/mol. The van der Waals surface area contributed by atoms with E-state index in [1.807, 2.05) is 0 Å². The number of hydrogen-bond donors (Lipinski definition) is 1. The zero-order valence-corrected chi connectivity index (χ0v) is 16.3. The summed E-state index contributed by atoms with van der Waals surface area (Å²) in [4.78, 5) is 21.9. The van der Waals surface area contributed by atoms with E-state index >= 15 is 0 Å². The molecule has 0 radical (unpaired) electrons. The van der Waals surface area contributed by atoms with E-state index in [0.717, 1.165) is 12.8 Å². The van der Waals surface area contributed by atoms with Crippen LogP contribution in [0, 0.1) is 0 Å². The zero-order valence-electron chi connectivity index (χ0n) is 16.3. The van der Waals surface area contributed by atoms with Crippen molar-refractivity contribution in [2.24, 2.45) is 5.73 Å². The van der Waals surface area contributed by atoms with Gasteiger partial charge in [-0.2, -0.15) is 0 Å². The van der Waals surface area contributed by atoms with Crippen LogP contribution < -0.4 is 5.73 Å². The van der Waals surface area contributed by atoms with Gasteiger partial charge in [0.05, 0.1) is 6.42 Å². The van der Waals surface area contributed by atoms with Gasteiger partial charge in [0.2, 0.25) is 5.91 Å². The average molecular weight is 354 g/mol. The van der Waals surface area contributed by atoms with Crippen molar-refractivity contribution in [3.05, 3.63) is 12.2 Å².